The van der Waals surface area contributed by atoms with Crippen molar-refractivity contribution in [2.75, 3.05) is 6.54 Å². The molecule has 1 aromatic heterocycles. The molecule has 0 radical (unpaired) electrons. The molecule has 6 heteroatoms. The highest BCUT2D eigenvalue weighted by molar-refractivity contribution is 14.0. The molecule has 120 valence electrons. The number of halogens is 1. The molecule has 0 saturated heterocycles. The fraction of sp³-hybridized carbons (Fsp3) is 0.733. The lowest BCUT2D eigenvalue weighted by molar-refractivity contribution is 0.376. The molecule has 21 heavy (non-hydrogen) atoms. The summed E-state index contributed by atoms with van der Waals surface area (Å²) in [7, 11) is 0. The number of aliphatic imine (C=N–C) groups is 1. The van der Waals surface area contributed by atoms with Crippen LogP contribution in [0, 0.1) is 0 Å². The van der Waals surface area contributed by atoms with Crippen molar-refractivity contribution >= 4 is 29.9 Å². The van der Waals surface area contributed by atoms with Crippen molar-refractivity contribution in [1.29, 1.82) is 0 Å². The van der Waals surface area contributed by atoms with Gasteiger partial charge in [0.15, 0.2) is 11.7 Å². The van der Waals surface area contributed by atoms with Gasteiger partial charge < -0.3 is 15.2 Å². The molecular formula is C15H27IN4O. The summed E-state index contributed by atoms with van der Waals surface area (Å²) in [6, 6.07) is 2.56. The molecule has 1 fully saturated rings. The van der Waals surface area contributed by atoms with Crippen LogP contribution >= 0.6 is 24.0 Å². The Bertz CT molecular complexity index is 439. The van der Waals surface area contributed by atoms with Crippen molar-refractivity contribution in [2.24, 2.45) is 4.99 Å². The van der Waals surface area contributed by atoms with Crippen molar-refractivity contribution in [1.82, 2.24) is 15.8 Å². The third-order valence-electron chi connectivity index (χ3n) is 3.60. The van der Waals surface area contributed by atoms with E-state index in [2.05, 4.69) is 41.6 Å². The second kappa shape index (κ2) is 9.27. The molecule has 0 unspecified atom stereocenters. The van der Waals surface area contributed by atoms with Gasteiger partial charge in [-0.1, -0.05) is 31.8 Å². The Labute approximate surface area is 144 Å². The van der Waals surface area contributed by atoms with Crippen molar-refractivity contribution < 1.29 is 4.52 Å². The zero-order chi connectivity index (χ0) is 14.4. The van der Waals surface area contributed by atoms with Gasteiger partial charge in [0.25, 0.3) is 0 Å². The van der Waals surface area contributed by atoms with E-state index >= 15 is 0 Å². The lowest BCUT2D eigenvalue weighted by Gasteiger charge is -2.16. The Morgan fingerprint density at radius 1 is 1.43 bits per heavy atom. The van der Waals surface area contributed by atoms with E-state index in [-0.39, 0.29) is 24.0 Å². The minimum Gasteiger partial charge on any atom is -0.359 e. The zero-order valence-corrected chi connectivity index (χ0v) is 15.5. The van der Waals surface area contributed by atoms with E-state index in [9.17, 15) is 0 Å². The van der Waals surface area contributed by atoms with E-state index in [4.69, 9.17) is 4.52 Å². The molecule has 1 heterocycles. The largest absolute Gasteiger partial charge is 0.359 e. The number of rotatable bonds is 5. The summed E-state index contributed by atoms with van der Waals surface area (Å²) in [5.74, 6) is 2.08. The lowest BCUT2D eigenvalue weighted by atomic mass is 10.1. The van der Waals surface area contributed by atoms with Gasteiger partial charge in [-0.15, -0.1) is 24.0 Å². The van der Waals surface area contributed by atoms with E-state index in [1.54, 1.807) is 0 Å². The van der Waals surface area contributed by atoms with Crippen molar-refractivity contribution in [2.45, 2.75) is 65.0 Å². The van der Waals surface area contributed by atoms with Crippen LogP contribution < -0.4 is 10.6 Å². The molecule has 5 nitrogen and oxygen atoms in total. The summed E-state index contributed by atoms with van der Waals surface area (Å²) < 4.78 is 5.31. The van der Waals surface area contributed by atoms with Gasteiger partial charge in [0.1, 0.15) is 6.54 Å². The van der Waals surface area contributed by atoms with Crippen LogP contribution in [0.15, 0.2) is 15.6 Å². The van der Waals surface area contributed by atoms with E-state index in [1.165, 1.54) is 25.7 Å². The maximum absolute atomic E-state index is 5.31. The number of guanidine groups is 1. The predicted octanol–water partition coefficient (Wildman–Crippen LogP) is 3.41. The minimum absolute atomic E-state index is 0. The van der Waals surface area contributed by atoms with E-state index < -0.39 is 0 Å². The normalized spacial score (nSPS) is 16.1. The maximum Gasteiger partial charge on any atom is 0.191 e. The predicted molar refractivity (Wildman–Crippen MR) is 96.2 cm³/mol. The van der Waals surface area contributed by atoms with Crippen LogP contribution in [0.2, 0.25) is 0 Å². The molecule has 0 aromatic carbocycles. The van der Waals surface area contributed by atoms with Crippen LogP contribution in [0.4, 0.5) is 0 Å². The lowest BCUT2D eigenvalue weighted by Crippen LogP contribution is -2.42. The van der Waals surface area contributed by atoms with Crippen LogP contribution in [-0.4, -0.2) is 23.7 Å². The second-order valence-corrected chi connectivity index (χ2v) is 5.69. The molecule has 1 aliphatic rings. The smallest absolute Gasteiger partial charge is 0.191 e. The molecular weight excluding hydrogens is 379 g/mol. The highest BCUT2D eigenvalue weighted by Crippen LogP contribution is 2.17. The number of aromatic nitrogens is 1. The SMILES string of the molecule is CCNC(=NCc1cc(C(C)C)no1)NC1CCCC1.I. The molecule has 2 rings (SSSR count). The van der Waals surface area contributed by atoms with Gasteiger partial charge in [0, 0.05) is 18.7 Å². The first-order valence-electron chi connectivity index (χ1n) is 7.69. The third-order valence-corrected chi connectivity index (χ3v) is 3.60. The summed E-state index contributed by atoms with van der Waals surface area (Å²) in [4.78, 5) is 4.58. The molecule has 0 amide bonds. The van der Waals surface area contributed by atoms with E-state index in [0.29, 0.717) is 18.5 Å². The third kappa shape index (κ3) is 5.84. The van der Waals surface area contributed by atoms with Crippen LogP contribution in [-0.2, 0) is 6.54 Å². The fourth-order valence-electron chi connectivity index (χ4n) is 2.42. The molecule has 0 atom stereocenters. The zero-order valence-electron chi connectivity index (χ0n) is 13.2. The van der Waals surface area contributed by atoms with Crippen molar-refractivity contribution in [3.8, 4) is 0 Å². The summed E-state index contributed by atoms with van der Waals surface area (Å²) >= 11 is 0. The molecule has 1 aromatic rings. The summed E-state index contributed by atoms with van der Waals surface area (Å²) in [5.41, 5.74) is 0.990. The topological polar surface area (TPSA) is 62.5 Å². The van der Waals surface area contributed by atoms with Gasteiger partial charge in [-0.2, -0.15) is 0 Å². The van der Waals surface area contributed by atoms with Gasteiger partial charge in [0.05, 0.1) is 5.69 Å². The molecule has 1 aliphatic carbocycles. The van der Waals surface area contributed by atoms with Crippen LogP contribution in [0.25, 0.3) is 0 Å². The van der Waals surface area contributed by atoms with Gasteiger partial charge in [-0.25, -0.2) is 4.99 Å². The molecule has 2 N–H and O–H groups in total. The van der Waals surface area contributed by atoms with Crippen molar-refractivity contribution in [3.05, 3.63) is 17.5 Å². The van der Waals surface area contributed by atoms with Gasteiger partial charge >= 0.3 is 0 Å². The maximum atomic E-state index is 5.31. The first kappa shape index (κ1) is 18.3. The standard InChI is InChI=1S/C15H26N4O.HI/c1-4-16-15(18-12-7-5-6-8-12)17-10-13-9-14(11(2)3)19-20-13;/h9,11-12H,4-8,10H2,1-3H3,(H2,16,17,18);1H. The first-order valence-corrected chi connectivity index (χ1v) is 7.69. The van der Waals surface area contributed by atoms with Crippen molar-refractivity contribution in [3.63, 3.8) is 0 Å². The van der Waals surface area contributed by atoms with E-state index in [0.717, 1.165) is 24.0 Å². The van der Waals surface area contributed by atoms with Crippen LogP contribution in [0.1, 0.15) is 63.8 Å². The number of hydrogen-bond acceptors (Lipinski definition) is 3. The van der Waals surface area contributed by atoms with Gasteiger partial charge in [-0.05, 0) is 25.7 Å². The Balaban J connectivity index is 0.00000220. The average molecular weight is 406 g/mol. The minimum atomic E-state index is 0. The average Bonchev–Trinajstić information content (AvgIpc) is 3.07. The molecule has 0 aliphatic heterocycles. The first-order chi connectivity index (χ1) is 9.69. The molecule has 0 bridgehead atoms. The Morgan fingerprint density at radius 3 is 2.71 bits per heavy atom. The fourth-order valence-corrected chi connectivity index (χ4v) is 2.42. The highest BCUT2D eigenvalue weighted by atomic mass is 127. The Kier molecular flexibility index (Phi) is 8.06. The summed E-state index contributed by atoms with van der Waals surface area (Å²) in [5, 5.41) is 10.8. The van der Waals surface area contributed by atoms with E-state index in [1.807, 2.05) is 6.07 Å². The van der Waals surface area contributed by atoms with Crippen LogP contribution in [0.3, 0.4) is 0 Å². The van der Waals surface area contributed by atoms with Crippen LogP contribution in [0.5, 0.6) is 0 Å². The quantitative estimate of drug-likeness (QED) is 0.447. The highest BCUT2D eigenvalue weighted by Gasteiger charge is 2.16. The molecule has 1 saturated carbocycles. The Hall–Kier alpha value is -0.790. The number of hydrogen-bond donors (Lipinski definition) is 2. The number of nitrogens with zero attached hydrogens (tertiary/aromatic N) is 2. The summed E-state index contributed by atoms with van der Waals surface area (Å²) in [6.45, 7) is 7.69. The second-order valence-electron chi connectivity index (χ2n) is 5.69. The van der Waals surface area contributed by atoms with Gasteiger partial charge in [0.2, 0.25) is 0 Å². The molecule has 0 spiro atoms. The Morgan fingerprint density at radius 2 is 2.14 bits per heavy atom. The monoisotopic (exact) mass is 406 g/mol. The van der Waals surface area contributed by atoms with Gasteiger partial charge in [-0.3, -0.25) is 0 Å². The number of nitrogens with one attached hydrogen (secondary N) is 2. The summed E-state index contributed by atoms with van der Waals surface area (Å²) in [6.07, 6.45) is 5.11.